The SMILES string of the molecule is O=C(Nc1cccc(-c2nc3ccccc3o2)c1)C1CCN(S(=O)(=O)c2cccs2)CC1. The molecule has 2 aromatic heterocycles. The number of hydrogen-bond donors (Lipinski definition) is 1. The Hall–Kier alpha value is -3.01. The Balaban J connectivity index is 1.25. The Labute approximate surface area is 189 Å². The molecule has 0 spiro atoms. The number of anilines is 1. The van der Waals surface area contributed by atoms with Crippen LogP contribution in [0.2, 0.25) is 0 Å². The van der Waals surface area contributed by atoms with Gasteiger partial charge in [-0.3, -0.25) is 4.79 Å². The molecule has 0 aliphatic carbocycles. The monoisotopic (exact) mass is 467 g/mol. The quantitative estimate of drug-likeness (QED) is 0.463. The molecule has 0 bridgehead atoms. The molecule has 1 aliphatic rings. The number of hydrogen-bond acceptors (Lipinski definition) is 6. The summed E-state index contributed by atoms with van der Waals surface area (Å²) < 4.78 is 33.0. The number of sulfonamides is 1. The molecule has 0 unspecified atom stereocenters. The number of carbonyl (C=O) groups is 1. The Morgan fingerprint density at radius 3 is 2.62 bits per heavy atom. The third-order valence-electron chi connectivity index (χ3n) is 5.58. The number of piperidine rings is 1. The summed E-state index contributed by atoms with van der Waals surface area (Å²) in [4.78, 5) is 17.3. The minimum absolute atomic E-state index is 0.104. The summed E-state index contributed by atoms with van der Waals surface area (Å²) in [5.41, 5.74) is 2.92. The molecule has 0 radical (unpaired) electrons. The number of carbonyl (C=O) groups excluding carboxylic acids is 1. The zero-order chi connectivity index (χ0) is 22.1. The van der Waals surface area contributed by atoms with Crippen molar-refractivity contribution >= 4 is 44.1 Å². The van der Waals surface area contributed by atoms with Crippen LogP contribution in [0.25, 0.3) is 22.6 Å². The highest BCUT2D eigenvalue weighted by Crippen LogP contribution is 2.29. The molecule has 4 aromatic rings. The van der Waals surface area contributed by atoms with E-state index in [4.69, 9.17) is 4.42 Å². The summed E-state index contributed by atoms with van der Waals surface area (Å²) in [7, 11) is -3.47. The third-order valence-corrected chi connectivity index (χ3v) is 8.86. The van der Waals surface area contributed by atoms with Crippen LogP contribution in [0.1, 0.15) is 12.8 Å². The highest BCUT2D eigenvalue weighted by atomic mass is 32.2. The van der Waals surface area contributed by atoms with E-state index in [1.54, 1.807) is 17.5 Å². The van der Waals surface area contributed by atoms with Gasteiger partial charge in [-0.25, -0.2) is 13.4 Å². The molecule has 32 heavy (non-hydrogen) atoms. The molecular weight excluding hydrogens is 446 g/mol. The number of thiophene rings is 1. The smallest absolute Gasteiger partial charge is 0.252 e. The number of amides is 1. The second-order valence-corrected chi connectivity index (χ2v) is 10.8. The van der Waals surface area contributed by atoms with Crippen molar-refractivity contribution in [3.05, 3.63) is 66.0 Å². The number of nitrogens with one attached hydrogen (secondary N) is 1. The standard InChI is InChI=1S/C23H21N3O4S2/c27-22(16-10-12-26(13-11-16)32(28,29)21-9-4-14-31-21)24-18-6-3-5-17(15-18)23-25-19-7-1-2-8-20(19)30-23/h1-9,14-16H,10-13H2,(H,24,27). The normalized spacial score (nSPS) is 15.8. The maximum Gasteiger partial charge on any atom is 0.252 e. The van der Waals surface area contributed by atoms with Gasteiger partial charge in [0.05, 0.1) is 0 Å². The van der Waals surface area contributed by atoms with Gasteiger partial charge in [0.2, 0.25) is 11.8 Å². The van der Waals surface area contributed by atoms with Crippen molar-refractivity contribution in [3.8, 4) is 11.5 Å². The zero-order valence-corrected chi connectivity index (χ0v) is 18.7. The van der Waals surface area contributed by atoms with Gasteiger partial charge in [0.25, 0.3) is 10.0 Å². The van der Waals surface area contributed by atoms with Crippen molar-refractivity contribution < 1.29 is 17.6 Å². The topological polar surface area (TPSA) is 92.5 Å². The number of benzene rings is 2. The Morgan fingerprint density at radius 1 is 1.06 bits per heavy atom. The Morgan fingerprint density at radius 2 is 1.88 bits per heavy atom. The van der Waals surface area contributed by atoms with Crippen LogP contribution in [0.4, 0.5) is 5.69 Å². The van der Waals surface area contributed by atoms with Gasteiger partial charge in [-0.1, -0.05) is 24.3 Å². The summed E-state index contributed by atoms with van der Waals surface area (Å²) in [5.74, 6) is 0.153. The van der Waals surface area contributed by atoms with E-state index in [2.05, 4.69) is 10.3 Å². The average molecular weight is 468 g/mol. The second-order valence-electron chi connectivity index (χ2n) is 7.67. The lowest BCUT2D eigenvalue weighted by atomic mass is 9.97. The van der Waals surface area contributed by atoms with Crippen LogP contribution in [-0.2, 0) is 14.8 Å². The summed E-state index contributed by atoms with van der Waals surface area (Å²) in [6.45, 7) is 0.669. The first-order valence-electron chi connectivity index (χ1n) is 10.3. The number of nitrogens with zero attached hydrogens (tertiary/aromatic N) is 2. The molecule has 7 nitrogen and oxygen atoms in total. The summed E-state index contributed by atoms with van der Waals surface area (Å²) in [6, 6.07) is 18.3. The van der Waals surface area contributed by atoms with Crippen molar-refractivity contribution in [2.75, 3.05) is 18.4 Å². The van der Waals surface area contributed by atoms with Crippen LogP contribution in [0.3, 0.4) is 0 Å². The number of rotatable bonds is 5. The number of aromatic nitrogens is 1. The molecule has 164 valence electrons. The van der Waals surface area contributed by atoms with Crippen LogP contribution in [-0.4, -0.2) is 36.7 Å². The predicted octanol–water partition coefficient (Wildman–Crippen LogP) is 4.60. The molecule has 2 aromatic carbocycles. The van der Waals surface area contributed by atoms with E-state index >= 15 is 0 Å². The molecule has 1 amide bonds. The van der Waals surface area contributed by atoms with Crippen molar-refractivity contribution in [2.45, 2.75) is 17.1 Å². The van der Waals surface area contributed by atoms with Gasteiger partial charge in [-0.2, -0.15) is 4.31 Å². The van der Waals surface area contributed by atoms with Crippen LogP contribution >= 0.6 is 11.3 Å². The van der Waals surface area contributed by atoms with E-state index in [9.17, 15) is 13.2 Å². The fraction of sp³-hybridized carbons (Fsp3) is 0.217. The summed E-state index contributed by atoms with van der Waals surface area (Å²) >= 11 is 1.21. The van der Waals surface area contributed by atoms with Crippen molar-refractivity contribution in [1.82, 2.24) is 9.29 Å². The molecule has 1 saturated heterocycles. The number of para-hydroxylation sites is 2. The van der Waals surface area contributed by atoms with Crippen molar-refractivity contribution in [2.24, 2.45) is 5.92 Å². The highest BCUT2D eigenvalue weighted by Gasteiger charge is 2.32. The van der Waals surface area contributed by atoms with Gasteiger partial charge in [-0.15, -0.1) is 11.3 Å². The molecule has 9 heteroatoms. The van der Waals surface area contributed by atoms with Crippen molar-refractivity contribution in [3.63, 3.8) is 0 Å². The molecule has 1 aliphatic heterocycles. The fourth-order valence-corrected chi connectivity index (χ4v) is 6.48. The molecule has 0 atom stereocenters. The minimum Gasteiger partial charge on any atom is -0.436 e. The van der Waals surface area contributed by atoms with Crippen LogP contribution in [0.15, 0.2) is 74.7 Å². The lowest BCUT2D eigenvalue weighted by molar-refractivity contribution is -0.120. The third kappa shape index (κ3) is 4.06. The number of oxazole rings is 1. The Kier molecular flexibility index (Phi) is 5.54. The fourth-order valence-electron chi connectivity index (χ4n) is 3.87. The summed E-state index contributed by atoms with van der Waals surface area (Å²) in [5, 5.41) is 4.71. The lowest BCUT2D eigenvalue weighted by Gasteiger charge is -2.30. The van der Waals surface area contributed by atoms with Gasteiger partial charge in [0, 0.05) is 30.3 Å². The molecule has 0 saturated carbocycles. The van der Waals surface area contributed by atoms with Crippen molar-refractivity contribution in [1.29, 1.82) is 0 Å². The molecular formula is C23H21N3O4S2. The van der Waals surface area contributed by atoms with Crippen LogP contribution in [0.5, 0.6) is 0 Å². The first-order chi connectivity index (χ1) is 15.5. The molecule has 1 N–H and O–H groups in total. The maximum absolute atomic E-state index is 12.8. The number of fused-ring (bicyclic) bond motifs is 1. The van der Waals surface area contributed by atoms with Gasteiger partial charge in [0.1, 0.15) is 9.73 Å². The molecule has 3 heterocycles. The van der Waals surface area contributed by atoms with E-state index in [0.29, 0.717) is 47.3 Å². The maximum atomic E-state index is 12.8. The van der Waals surface area contributed by atoms with Gasteiger partial charge < -0.3 is 9.73 Å². The average Bonchev–Trinajstić information content (AvgIpc) is 3.50. The van der Waals surface area contributed by atoms with Crippen LogP contribution < -0.4 is 5.32 Å². The van der Waals surface area contributed by atoms with E-state index in [1.165, 1.54) is 15.6 Å². The first-order valence-corrected chi connectivity index (χ1v) is 12.6. The second kappa shape index (κ2) is 8.50. The van der Waals surface area contributed by atoms with Gasteiger partial charge >= 0.3 is 0 Å². The zero-order valence-electron chi connectivity index (χ0n) is 17.1. The van der Waals surface area contributed by atoms with E-state index in [1.807, 2.05) is 48.5 Å². The summed E-state index contributed by atoms with van der Waals surface area (Å²) in [6.07, 6.45) is 0.975. The van der Waals surface area contributed by atoms with E-state index in [0.717, 1.165) is 11.1 Å². The van der Waals surface area contributed by atoms with E-state index in [-0.39, 0.29) is 11.8 Å². The van der Waals surface area contributed by atoms with E-state index < -0.39 is 10.0 Å². The lowest BCUT2D eigenvalue weighted by Crippen LogP contribution is -2.41. The largest absolute Gasteiger partial charge is 0.436 e. The highest BCUT2D eigenvalue weighted by molar-refractivity contribution is 7.91. The van der Waals surface area contributed by atoms with Gasteiger partial charge in [0.15, 0.2) is 5.58 Å². The molecule has 1 fully saturated rings. The minimum atomic E-state index is -3.47. The Bertz CT molecular complexity index is 1320. The molecule has 5 rings (SSSR count). The first kappa shape index (κ1) is 20.9. The van der Waals surface area contributed by atoms with Gasteiger partial charge in [-0.05, 0) is 54.6 Å². The predicted molar refractivity (Wildman–Crippen MR) is 124 cm³/mol. The van der Waals surface area contributed by atoms with Crippen LogP contribution in [0, 0.1) is 5.92 Å².